The maximum absolute atomic E-state index is 14.1. The van der Waals surface area contributed by atoms with E-state index in [4.69, 9.17) is 0 Å². The van der Waals surface area contributed by atoms with Gasteiger partial charge in [0, 0.05) is 19.5 Å². The van der Waals surface area contributed by atoms with E-state index in [-0.39, 0.29) is 16.9 Å². The number of rotatable bonds is 3. The lowest BCUT2D eigenvalue weighted by molar-refractivity contribution is -0.137. The van der Waals surface area contributed by atoms with E-state index in [0.29, 0.717) is 25.4 Å². The van der Waals surface area contributed by atoms with E-state index in [0.717, 1.165) is 56.7 Å². The Hall–Kier alpha value is -1.72. The zero-order chi connectivity index (χ0) is 18.9. The SMILES string of the molecule is C=C(O)CC1CCC2(CC1)CCN(c1cc(C(F)(F)F)ccc1F)CC2. The molecule has 1 aromatic rings. The Balaban J connectivity index is 1.63. The third-order valence-electron chi connectivity index (χ3n) is 6.13. The molecular weight excluding hydrogens is 346 g/mol. The maximum Gasteiger partial charge on any atom is 0.416 e. The first-order chi connectivity index (χ1) is 12.2. The molecule has 0 unspecified atom stereocenters. The van der Waals surface area contributed by atoms with Gasteiger partial charge in [0.15, 0.2) is 0 Å². The Morgan fingerprint density at radius 1 is 1.15 bits per heavy atom. The molecule has 1 aromatic carbocycles. The molecule has 0 aromatic heterocycles. The number of piperidine rings is 1. The molecule has 0 atom stereocenters. The Morgan fingerprint density at radius 3 is 2.31 bits per heavy atom. The van der Waals surface area contributed by atoms with E-state index in [1.54, 1.807) is 4.90 Å². The summed E-state index contributed by atoms with van der Waals surface area (Å²) in [6.45, 7) is 4.72. The van der Waals surface area contributed by atoms with Crippen molar-refractivity contribution in [1.82, 2.24) is 0 Å². The van der Waals surface area contributed by atoms with Crippen LogP contribution < -0.4 is 4.90 Å². The number of allylic oxidation sites excluding steroid dienone is 1. The first-order valence-electron chi connectivity index (χ1n) is 9.17. The van der Waals surface area contributed by atoms with Gasteiger partial charge in [0.1, 0.15) is 5.82 Å². The molecular formula is C20H25F4NO. The molecule has 1 aliphatic carbocycles. The van der Waals surface area contributed by atoms with Gasteiger partial charge in [-0.05, 0) is 68.1 Å². The van der Waals surface area contributed by atoms with Crippen LogP contribution in [0.2, 0.25) is 0 Å². The average molecular weight is 371 g/mol. The quantitative estimate of drug-likeness (QED) is 0.514. The topological polar surface area (TPSA) is 23.5 Å². The van der Waals surface area contributed by atoms with Gasteiger partial charge in [-0.2, -0.15) is 13.2 Å². The second kappa shape index (κ2) is 7.12. The van der Waals surface area contributed by atoms with Gasteiger partial charge in [-0.15, -0.1) is 0 Å². The lowest BCUT2D eigenvalue weighted by Crippen LogP contribution is -2.42. The second-order valence-corrected chi connectivity index (χ2v) is 7.86. The highest BCUT2D eigenvalue weighted by Gasteiger charge is 2.39. The Morgan fingerprint density at radius 2 is 1.77 bits per heavy atom. The fourth-order valence-electron chi connectivity index (χ4n) is 4.48. The second-order valence-electron chi connectivity index (χ2n) is 7.86. The number of alkyl halides is 3. The van der Waals surface area contributed by atoms with Gasteiger partial charge in [0.25, 0.3) is 0 Å². The number of halogens is 4. The first-order valence-corrected chi connectivity index (χ1v) is 9.17. The predicted molar refractivity (Wildman–Crippen MR) is 93.6 cm³/mol. The Labute approximate surface area is 151 Å². The van der Waals surface area contributed by atoms with Crippen LogP contribution in [0.3, 0.4) is 0 Å². The lowest BCUT2D eigenvalue weighted by Gasteiger charge is -2.46. The summed E-state index contributed by atoms with van der Waals surface area (Å²) in [5, 5.41) is 9.36. The maximum atomic E-state index is 14.1. The zero-order valence-electron chi connectivity index (χ0n) is 14.8. The highest BCUT2D eigenvalue weighted by atomic mass is 19.4. The summed E-state index contributed by atoms with van der Waals surface area (Å²) in [4.78, 5) is 1.75. The van der Waals surface area contributed by atoms with Crippen LogP contribution in [0.1, 0.15) is 50.5 Å². The average Bonchev–Trinajstić information content (AvgIpc) is 2.57. The Bertz CT molecular complexity index is 652. The molecule has 1 aliphatic heterocycles. The number of anilines is 1. The van der Waals surface area contributed by atoms with Gasteiger partial charge in [0.05, 0.1) is 17.0 Å². The molecule has 1 saturated carbocycles. The van der Waals surface area contributed by atoms with Crippen molar-refractivity contribution < 1.29 is 22.7 Å². The number of aliphatic hydroxyl groups excluding tert-OH is 1. The predicted octanol–water partition coefficient (Wildman–Crippen LogP) is 6.08. The molecule has 0 amide bonds. The van der Waals surface area contributed by atoms with E-state index < -0.39 is 17.6 Å². The van der Waals surface area contributed by atoms with Crippen LogP contribution in [-0.2, 0) is 6.18 Å². The minimum atomic E-state index is -4.46. The van der Waals surface area contributed by atoms with Crippen LogP contribution in [0.25, 0.3) is 0 Å². The molecule has 0 bridgehead atoms. The van der Waals surface area contributed by atoms with Crippen molar-refractivity contribution in [1.29, 1.82) is 0 Å². The van der Waals surface area contributed by atoms with E-state index in [1.165, 1.54) is 0 Å². The standard InChI is InChI=1S/C20H25F4NO/c1-14(26)12-15-4-6-19(7-5-15)8-10-25(11-9-19)18-13-16(20(22,23)24)2-3-17(18)21/h2-3,13,15,26H,1,4-12H2. The Kier molecular flexibility index (Phi) is 5.22. The highest BCUT2D eigenvalue weighted by molar-refractivity contribution is 5.51. The summed E-state index contributed by atoms with van der Waals surface area (Å²) in [6.07, 6.45) is 2.12. The summed E-state index contributed by atoms with van der Waals surface area (Å²) in [5.41, 5.74) is -0.541. The molecule has 1 N–H and O–H groups in total. The van der Waals surface area contributed by atoms with Crippen LogP contribution in [0.4, 0.5) is 23.2 Å². The van der Waals surface area contributed by atoms with Crippen molar-refractivity contribution in [3.63, 3.8) is 0 Å². The number of hydrogen-bond donors (Lipinski definition) is 1. The van der Waals surface area contributed by atoms with Crippen molar-refractivity contribution in [3.05, 3.63) is 41.9 Å². The summed E-state index contributed by atoms with van der Waals surface area (Å²) < 4.78 is 52.9. The van der Waals surface area contributed by atoms with Crippen LogP contribution in [0, 0.1) is 17.2 Å². The van der Waals surface area contributed by atoms with Crippen molar-refractivity contribution in [3.8, 4) is 0 Å². The normalized spacial score (nSPS) is 21.2. The number of hydrogen-bond acceptors (Lipinski definition) is 2. The molecule has 2 aliphatic rings. The molecule has 1 saturated heterocycles. The number of aliphatic hydroxyl groups is 1. The molecule has 2 fully saturated rings. The summed E-state index contributed by atoms with van der Waals surface area (Å²) in [5.74, 6) is 0.108. The first kappa shape index (κ1) is 19.1. The van der Waals surface area contributed by atoms with Crippen LogP contribution in [0.5, 0.6) is 0 Å². The zero-order valence-corrected chi connectivity index (χ0v) is 14.8. The van der Waals surface area contributed by atoms with Gasteiger partial charge in [-0.3, -0.25) is 0 Å². The van der Waals surface area contributed by atoms with E-state index in [2.05, 4.69) is 6.58 Å². The van der Waals surface area contributed by atoms with Crippen molar-refractivity contribution >= 4 is 5.69 Å². The fourth-order valence-corrected chi connectivity index (χ4v) is 4.48. The van der Waals surface area contributed by atoms with Crippen LogP contribution in [0.15, 0.2) is 30.5 Å². The molecule has 6 heteroatoms. The minimum absolute atomic E-state index is 0.0555. The largest absolute Gasteiger partial charge is 0.513 e. The number of nitrogens with zero attached hydrogens (tertiary/aromatic N) is 1. The summed E-state index contributed by atoms with van der Waals surface area (Å²) in [7, 11) is 0. The lowest BCUT2D eigenvalue weighted by atomic mass is 9.65. The van der Waals surface area contributed by atoms with Gasteiger partial charge in [-0.25, -0.2) is 4.39 Å². The van der Waals surface area contributed by atoms with Crippen molar-refractivity contribution in [2.45, 2.75) is 51.1 Å². The van der Waals surface area contributed by atoms with E-state index >= 15 is 0 Å². The van der Waals surface area contributed by atoms with Crippen molar-refractivity contribution in [2.24, 2.45) is 11.3 Å². The van der Waals surface area contributed by atoms with Gasteiger partial charge in [0.2, 0.25) is 0 Å². The van der Waals surface area contributed by atoms with Crippen molar-refractivity contribution in [2.75, 3.05) is 18.0 Å². The summed E-state index contributed by atoms with van der Waals surface area (Å²) >= 11 is 0. The molecule has 144 valence electrons. The monoisotopic (exact) mass is 371 g/mol. The molecule has 2 nitrogen and oxygen atoms in total. The molecule has 1 spiro atoms. The molecule has 3 rings (SSSR count). The third kappa shape index (κ3) is 4.15. The highest BCUT2D eigenvalue weighted by Crippen LogP contribution is 2.48. The van der Waals surface area contributed by atoms with Gasteiger partial charge >= 0.3 is 6.18 Å². The molecule has 1 heterocycles. The smallest absolute Gasteiger partial charge is 0.416 e. The van der Waals surface area contributed by atoms with Gasteiger partial charge < -0.3 is 10.0 Å². The molecule has 26 heavy (non-hydrogen) atoms. The fraction of sp³-hybridized carbons (Fsp3) is 0.600. The number of benzene rings is 1. The molecule has 0 radical (unpaired) electrons. The van der Waals surface area contributed by atoms with Gasteiger partial charge in [-0.1, -0.05) is 6.58 Å². The van der Waals surface area contributed by atoms with E-state index in [9.17, 15) is 22.7 Å². The van der Waals surface area contributed by atoms with Crippen LogP contribution in [-0.4, -0.2) is 18.2 Å². The minimum Gasteiger partial charge on any atom is -0.513 e. The third-order valence-corrected chi connectivity index (χ3v) is 6.13. The summed E-state index contributed by atoms with van der Waals surface area (Å²) in [6, 6.07) is 2.63. The van der Waals surface area contributed by atoms with Crippen LogP contribution >= 0.6 is 0 Å². The van der Waals surface area contributed by atoms with E-state index in [1.807, 2.05) is 0 Å².